The first-order chi connectivity index (χ1) is 7.24. The number of aromatic nitrogens is 2. The van der Waals surface area contributed by atoms with Gasteiger partial charge in [0.05, 0.1) is 0 Å². The fourth-order valence-corrected chi connectivity index (χ4v) is 1.71. The van der Waals surface area contributed by atoms with Crippen molar-refractivity contribution in [3.63, 3.8) is 0 Å². The lowest BCUT2D eigenvalue weighted by Crippen LogP contribution is -2.25. The van der Waals surface area contributed by atoms with E-state index in [9.17, 15) is 4.79 Å². The second kappa shape index (κ2) is 5.66. The standard InChI is InChI=1S/C11H19N3O/c1-3-5-9(8-12)11(15)10-6-7-13-14(10)4-2/h6-7,9H,3-5,8,12H2,1-2H3. The van der Waals surface area contributed by atoms with Crippen LogP contribution in [0.25, 0.3) is 0 Å². The van der Waals surface area contributed by atoms with Crippen molar-refractivity contribution in [1.29, 1.82) is 0 Å². The smallest absolute Gasteiger partial charge is 0.185 e. The van der Waals surface area contributed by atoms with E-state index in [0.717, 1.165) is 19.4 Å². The zero-order valence-corrected chi connectivity index (χ0v) is 9.44. The highest BCUT2D eigenvalue weighted by atomic mass is 16.1. The highest BCUT2D eigenvalue weighted by Gasteiger charge is 2.20. The fraction of sp³-hybridized carbons (Fsp3) is 0.636. The van der Waals surface area contributed by atoms with Gasteiger partial charge in [0.2, 0.25) is 0 Å². The Morgan fingerprint density at radius 3 is 2.87 bits per heavy atom. The third kappa shape index (κ3) is 2.65. The van der Waals surface area contributed by atoms with Crippen LogP contribution in [0.4, 0.5) is 0 Å². The lowest BCUT2D eigenvalue weighted by Gasteiger charge is -2.12. The first kappa shape index (κ1) is 11.9. The number of hydrogen-bond acceptors (Lipinski definition) is 3. The minimum Gasteiger partial charge on any atom is -0.330 e. The zero-order chi connectivity index (χ0) is 11.3. The van der Waals surface area contributed by atoms with Crippen LogP contribution >= 0.6 is 0 Å². The van der Waals surface area contributed by atoms with Crippen molar-refractivity contribution in [2.45, 2.75) is 33.2 Å². The van der Waals surface area contributed by atoms with E-state index in [1.165, 1.54) is 0 Å². The maximum absolute atomic E-state index is 12.1. The van der Waals surface area contributed by atoms with Crippen LogP contribution in [0.3, 0.4) is 0 Å². The summed E-state index contributed by atoms with van der Waals surface area (Å²) in [5.74, 6) is 0.0655. The van der Waals surface area contributed by atoms with Crippen molar-refractivity contribution in [3.8, 4) is 0 Å². The first-order valence-corrected chi connectivity index (χ1v) is 5.50. The Morgan fingerprint density at radius 1 is 1.60 bits per heavy atom. The van der Waals surface area contributed by atoms with Crippen LogP contribution in [0.15, 0.2) is 12.3 Å². The Balaban J connectivity index is 2.82. The molecule has 2 N–H and O–H groups in total. The monoisotopic (exact) mass is 209 g/mol. The van der Waals surface area contributed by atoms with Gasteiger partial charge in [-0.15, -0.1) is 0 Å². The molecule has 0 aliphatic carbocycles. The van der Waals surface area contributed by atoms with Gasteiger partial charge in [-0.2, -0.15) is 5.10 Å². The minimum absolute atomic E-state index is 0.0583. The lowest BCUT2D eigenvalue weighted by atomic mass is 9.96. The Labute approximate surface area is 90.5 Å². The van der Waals surface area contributed by atoms with E-state index in [1.807, 2.05) is 6.92 Å². The molecule has 0 fully saturated rings. The third-order valence-corrected chi connectivity index (χ3v) is 2.56. The maximum Gasteiger partial charge on any atom is 0.185 e. The summed E-state index contributed by atoms with van der Waals surface area (Å²) in [5.41, 5.74) is 6.29. The molecule has 0 amide bonds. The van der Waals surface area contributed by atoms with Crippen molar-refractivity contribution >= 4 is 5.78 Å². The number of carbonyl (C=O) groups is 1. The molecule has 0 aliphatic rings. The Morgan fingerprint density at radius 2 is 2.33 bits per heavy atom. The quantitative estimate of drug-likeness (QED) is 0.721. The lowest BCUT2D eigenvalue weighted by molar-refractivity contribution is 0.0906. The maximum atomic E-state index is 12.1. The molecule has 15 heavy (non-hydrogen) atoms. The van der Waals surface area contributed by atoms with E-state index < -0.39 is 0 Å². The molecule has 1 unspecified atom stereocenters. The molecule has 1 rings (SSSR count). The number of carbonyl (C=O) groups excluding carboxylic acids is 1. The van der Waals surface area contributed by atoms with Crippen molar-refractivity contribution in [2.24, 2.45) is 11.7 Å². The molecular weight excluding hydrogens is 190 g/mol. The van der Waals surface area contributed by atoms with Gasteiger partial charge < -0.3 is 5.73 Å². The van der Waals surface area contributed by atoms with E-state index in [4.69, 9.17) is 5.73 Å². The summed E-state index contributed by atoms with van der Waals surface area (Å²) in [4.78, 5) is 12.1. The molecule has 1 aromatic rings. The van der Waals surface area contributed by atoms with Crippen LogP contribution in [0, 0.1) is 5.92 Å². The number of nitrogens with two attached hydrogens (primary N) is 1. The Hall–Kier alpha value is -1.16. The van der Waals surface area contributed by atoms with Crippen LogP contribution in [0.5, 0.6) is 0 Å². The van der Waals surface area contributed by atoms with E-state index in [2.05, 4.69) is 12.0 Å². The summed E-state index contributed by atoms with van der Waals surface area (Å²) in [6.07, 6.45) is 3.49. The normalized spacial score (nSPS) is 12.7. The topological polar surface area (TPSA) is 60.9 Å². The van der Waals surface area contributed by atoms with Gasteiger partial charge >= 0.3 is 0 Å². The molecule has 0 saturated heterocycles. The van der Waals surface area contributed by atoms with Crippen LogP contribution in [0.1, 0.15) is 37.2 Å². The molecule has 0 radical (unpaired) electrons. The highest BCUT2D eigenvalue weighted by molar-refractivity contribution is 5.96. The van der Waals surface area contributed by atoms with Crippen LogP contribution in [-0.2, 0) is 6.54 Å². The average molecular weight is 209 g/mol. The summed E-state index contributed by atoms with van der Waals surface area (Å²) in [6, 6.07) is 1.77. The number of aryl methyl sites for hydroxylation is 1. The van der Waals surface area contributed by atoms with Gasteiger partial charge in [0.25, 0.3) is 0 Å². The van der Waals surface area contributed by atoms with Crippen molar-refractivity contribution in [1.82, 2.24) is 9.78 Å². The van der Waals surface area contributed by atoms with Gasteiger partial charge in [-0.25, -0.2) is 0 Å². The van der Waals surface area contributed by atoms with Gasteiger partial charge in [-0.1, -0.05) is 13.3 Å². The average Bonchev–Trinajstić information content (AvgIpc) is 2.72. The molecule has 0 aliphatic heterocycles. The number of hydrogen-bond donors (Lipinski definition) is 1. The molecule has 4 heteroatoms. The molecule has 84 valence electrons. The molecule has 0 saturated carbocycles. The molecule has 0 spiro atoms. The molecule has 1 heterocycles. The molecule has 1 aromatic heterocycles. The van der Waals surface area contributed by atoms with Gasteiger partial charge in [0.15, 0.2) is 5.78 Å². The Kier molecular flexibility index (Phi) is 4.49. The number of rotatable bonds is 6. The van der Waals surface area contributed by atoms with Gasteiger partial charge in [-0.05, 0) is 19.4 Å². The largest absolute Gasteiger partial charge is 0.330 e. The van der Waals surface area contributed by atoms with Crippen LogP contribution in [0.2, 0.25) is 0 Å². The predicted molar refractivity (Wildman–Crippen MR) is 59.7 cm³/mol. The fourth-order valence-electron chi connectivity index (χ4n) is 1.71. The van der Waals surface area contributed by atoms with E-state index in [0.29, 0.717) is 12.2 Å². The van der Waals surface area contributed by atoms with Crippen molar-refractivity contribution < 1.29 is 4.79 Å². The number of ketones is 1. The molecule has 4 nitrogen and oxygen atoms in total. The number of Topliss-reactive ketones (excluding diaryl/α,β-unsaturated/α-hetero) is 1. The van der Waals surface area contributed by atoms with E-state index in [-0.39, 0.29) is 11.7 Å². The zero-order valence-electron chi connectivity index (χ0n) is 9.44. The summed E-state index contributed by atoms with van der Waals surface area (Å²) in [5, 5.41) is 4.09. The number of nitrogens with zero attached hydrogens (tertiary/aromatic N) is 2. The first-order valence-electron chi connectivity index (χ1n) is 5.50. The summed E-state index contributed by atoms with van der Waals surface area (Å²) in [6.45, 7) is 5.17. The van der Waals surface area contributed by atoms with Crippen molar-refractivity contribution in [2.75, 3.05) is 6.54 Å². The van der Waals surface area contributed by atoms with Crippen LogP contribution in [-0.4, -0.2) is 22.1 Å². The second-order valence-corrected chi connectivity index (χ2v) is 3.62. The highest BCUT2D eigenvalue weighted by Crippen LogP contribution is 2.13. The Bertz CT molecular complexity index is 319. The SMILES string of the molecule is CCCC(CN)C(=O)c1ccnn1CC. The molecule has 0 bridgehead atoms. The second-order valence-electron chi connectivity index (χ2n) is 3.62. The van der Waals surface area contributed by atoms with Crippen molar-refractivity contribution in [3.05, 3.63) is 18.0 Å². The minimum atomic E-state index is -0.0583. The molecule has 0 aromatic carbocycles. The predicted octanol–water partition coefficient (Wildman–Crippen LogP) is 1.46. The van der Waals surface area contributed by atoms with E-state index in [1.54, 1.807) is 16.9 Å². The van der Waals surface area contributed by atoms with Gasteiger partial charge in [0, 0.05) is 25.2 Å². The third-order valence-electron chi connectivity index (χ3n) is 2.56. The summed E-state index contributed by atoms with van der Waals surface area (Å²) >= 11 is 0. The van der Waals surface area contributed by atoms with Crippen LogP contribution < -0.4 is 5.73 Å². The molecular formula is C11H19N3O. The summed E-state index contributed by atoms with van der Waals surface area (Å²) in [7, 11) is 0. The van der Waals surface area contributed by atoms with Gasteiger partial charge in [-0.3, -0.25) is 9.48 Å². The van der Waals surface area contributed by atoms with E-state index >= 15 is 0 Å². The summed E-state index contributed by atoms with van der Waals surface area (Å²) < 4.78 is 1.72. The molecule has 1 atom stereocenters. The van der Waals surface area contributed by atoms with Gasteiger partial charge in [0.1, 0.15) is 5.69 Å².